The van der Waals surface area contributed by atoms with Crippen LogP contribution in [0.15, 0.2) is 0 Å². The summed E-state index contributed by atoms with van der Waals surface area (Å²) in [5, 5.41) is 0. The quantitative estimate of drug-likeness (QED) is 0.492. The molecule has 0 saturated carbocycles. The maximum absolute atomic E-state index is 2.51. The van der Waals surface area contributed by atoms with E-state index in [4.69, 9.17) is 0 Å². The minimum Gasteiger partial charge on any atom is -0.0864 e. The molecule has 2 heteroatoms. The molecule has 0 aliphatic heterocycles. The average Bonchev–Trinajstić information content (AvgIpc) is 1.98. The zero-order valence-electron chi connectivity index (χ0n) is 6.58. The summed E-state index contributed by atoms with van der Waals surface area (Å²) in [4.78, 5) is 0. The second-order valence-corrected chi connectivity index (χ2v) is 4.60. The van der Waals surface area contributed by atoms with Gasteiger partial charge in [-0.15, -0.1) is 0 Å². The molecule has 0 rings (SSSR count). The van der Waals surface area contributed by atoms with Crippen molar-refractivity contribution in [2.24, 2.45) is 5.92 Å². The highest BCUT2D eigenvalue weighted by Gasteiger charge is 2.03. The molecule has 0 bridgehead atoms. The summed E-state index contributed by atoms with van der Waals surface area (Å²) in [5.41, 5.74) is 0. The topological polar surface area (TPSA) is 0 Å². The van der Waals surface area contributed by atoms with Gasteiger partial charge in [0.1, 0.15) is 0 Å². The van der Waals surface area contributed by atoms with Crippen molar-refractivity contribution in [3.05, 3.63) is 0 Å². The van der Waals surface area contributed by atoms with Gasteiger partial charge in [-0.1, -0.05) is 64.9 Å². The Morgan fingerprint density at radius 2 is 1.90 bits per heavy atom. The molecule has 0 heterocycles. The monoisotopic (exact) mass is 366 g/mol. The van der Waals surface area contributed by atoms with Crippen LogP contribution in [-0.4, -0.2) is 8.86 Å². The molecule has 10 heavy (non-hydrogen) atoms. The van der Waals surface area contributed by atoms with Gasteiger partial charge in [-0.3, -0.25) is 0 Å². The van der Waals surface area contributed by atoms with Crippen molar-refractivity contribution in [1.82, 2.24) is 0 Å². The number of alkyl halides is 2. The molecule has 0 amide bonds. The van der Waals surface area contributed by atoms with Crippen LogP contribution in [0.1, 0.15) is 32.6 Å². The number of hydrogen-bond acceptors (Lipinski definition) is 0. The minimum absolute atomic E-state index is 0.998. The highest BCUT2D eigenvalue weighted by Crippen LogP contribution is 2.16. The highest BCUT2D eigenvalue weighted by atomic mass is 127. The Balaban J connectivity index is 3.21. The Labute approximate surface area is 91.8 Å². The van der Waals surface area contributed by atoms with Gasteiger partial charge in [-0.2, -0.15) is 0 Å². The first-order valence-corrected chi connectivity index (χ1v) is 7.02. The van der Waals surface area contributed by atoms with Crippen molar-refractivity contribution in [1.29, 1.82) is 0 Å². The first-order valence-electron chi connectivity index (χ1n) is 3.97. The fraction of sp³-hybridized carbons (Fsp3) is 1.00. The first kappa shape index (κ1) is 11.5. The van der Waals surface area contributed by atoms with Crippen LogP contribution in [-0.2, 0) is 0 Å². The molecule has 0 nitrogen and oxygen atoms in total. The van der Waals surface area contributed by atoms with Crippen molar-refractivity contribution in [3.8, 4) is 0 Å². The summed E-state index contributed by atoms with van der Waals surface area (Å²) >= 11 is 4.98. The fourth-order valence-corrected chi connectivity index (χ4v) is 2.71. The third kappa shape index (κ3) is 6.19. The number of rotatable bonds is 6. The summed E-state index contributed by atoms with van der Waals surface area (Å²) in [6, 6.07) is 0. The van der Waals surface area contributed by atoms with Crippen LogP contribution in [0.4, 0.5) is 0 Å². The van der Waals surface area contributed by atoms with Crippen LogP contribution in [0.5, 0.6) is 0 Å². The third-order valence-electron chi connectivity index (χ3n) is 1.70. The van der Waals surface area contributed by atoms with Crippen LogP contribution in [0.25, 0.3) is 0 Å². The lowest BCUT2D eigenvalue weighted by molar-refractivity contribution is 0.511. The molecule has 0 aromatic carbocycles. The Kier molecular flexibility index (Phi) is 9.80. The number of hydrogen-bond donors (Lipinski definition) is 0. The minimum atomic E-state index is 0.998. The predicted molar refractivity (Wildman–Crippen MR) is 65.4 cm³/mol. The lowest BCUT2D eigenvalue weighted by Gasteiger charge is -2.10. The molecule has 0 aliphatic carbocycles. The van der Waals surface area contributed by atoms with E-state index in [1.807, 2.05) is 0 Å². The van der Waals surface area contributed by atoms with Gasteiger partial charge in [0.15, 0.2) is 0 Å². The molecular formula is C8H16I2. The van der Waals surface area contributed by atoms with Crippen molar-refractivity contribution in [2.75, 3.05) is 8.86 Å². The van der Waals surface area contributed by atoms with Gasteiger partial charge in [0.25, 0.3) is 0 Å². The first-order chi connectivity index (χ1) is 4.85. The standard InChI is InChI=1S/C8H16I2/c1-2-3-4-8(7-10)5-6-9/h8H,2-7H2,1H3. The van der Waals surface area contributed by atoms with E-state index in [0.717, 1.165) is 5.92 Å². The summed E-state index contributed by atoms with van der Waals surface area (Å²) in [6.07, 6.45) is 5.64. The maximum Gasteiger partial charge on any atom is 0.00239 e. The Bertz CT molecular complexity index is 64.3. The molecule has 0 N–H and O–H groups in total. The van der Waals surface area contributed by atoms with Crippen LogP contribution in [0.2, 0.25) is 0 Å². The molecule has 0 aromatic rings. The maximum atomic E-state index is 2.51. The lowest BCUT2D eigenvalue weighted by Crippen LogP contribution is -2.01. The molecule has 62 valence electrons. The van der Waals surface area contributed by atoms with E-state index in [1.54, 1.807) is 0 Å². The second-order valence-electron chi connectivity index (χ2n) is 2.64. The zero-order chi connectivity index (χ0) is 7.82. The molecule has 1 atom stereocenters. The lowest BCUT2D eigenvalue weighted by atomic mass is 10.0. The van der Waals surface area contributed by atoms with Crippen molar-refractivity contribution >= 4 is 45.2 Å². The van der Waals surface area contributed by atoms with Gasteiger partial charge in [-0.05, 0) is 23.2 Å². The summed E-state index contributed by atoms with van der Waals surface area (Å²) < 4.78 is 2.68. The molecule has 0 radical (unpaired) electrons. The molecular weight excluding hydrogens is 350 g/mol. The van der Waals surface area contributed by atoms with E-state index >= 15 is 0 Å². The average molecular weight is 366 g/mol. The van der Waals surface area contributed by atoms with Crippen LogP contribution in [0, 0.1) is 5.92 Å². The summed E-state index contributed by atoms with van der Waals surface area (Å²) in [6.45, 7) is 2.27. The van der Waals surface area contributed by atoms with E-state index in [0.29, 0.717) is 0 Å². The highest BCUT2D eigenvalue weighted by molar-refractivity contribution is 14.1. The second kappa shape index (κ2) is 8.56. The van der Waals surface area contributed by atoms with Crippen LogP contribution < -0.4 is 0 Å². The Morgan fingerprint density at radius 1 is 1.20 bits per heavy atom. The molecule has 0 saturated heterocycles. The van der Waals surface area contributed by atoms with Crippen molar-refractivity contribution < 1.29 is 0 Å². The summed E-state index contributed by atoms with van der Waals surface area (Å²) in [7, 11) is 0. The van der Waals surface area contributed by atoms with Gasteiger partial charge in [-0.25, -0.2) is 0 Å². The Morgan fingerprint density at radius 3 is 2.30 bits per heavy atom. The zero-order valence-corrected chi connectivity index (χ0v) is 10.9. The van der Waals surface area contributed by atoms with Crippen LogP contribution in [0.3, 0.4) is 0 Å². The molecule has 0 aliphatic rings. The Hall–Kier alpha value is 1.46. The molecule has 0 aromatic heterocycles. The normalized spacial score (nSPS) is 13.5. The SMILES string of the molecule is CCCCC(CI)CCI. The molecule has 0 fully saturated rings. The van der Waals surface area contributed by atoms with Crippen molar-refractivity contribution in [3.63, 3.8) is 0 Å². The number of halogens is 2. The fourth-order valence-electron chi connectivity index (χ4n) is 0.946. The third-order valence-corrected chi connectivity index (χ3v) is 3.57. The van der Waals surface area contributed by atoms with E-state index in [-0.39, 0.29) is 0 Å². The van der Waals surface area contributed by atoms with E-state index in [2.05, 4.69) is 52.1 Å². The number of unbranched alkanes of at least 4 members (excludes halogenated alkanes) is 1. The van der Waals surface area contributed by atoms with Gasteiger partial charge in [0.05, 0.1) is 0 Å². The molecule has 1 unspecified atom stereocenters. The van der Waals surface area contributed by atoms with Gasteiger partial charge in [0, 0.05) is 4.43 Å². The van der Waals surface area contributed by atoms with Crippen LogP contribution >= 0.6 is 45.2 Å². The predicted octanol–water partition coefficient (Wildman–Crippen LogP) is 4.05. The van der Waals surface area contributed by atoms with E-state index < -0.39 is 0 Å². The van der Waals surface area contributed by atoms with E-state index in [1.165, 1.54) is 34.5 Å². The van der Waals surface area contributed by atoms with Crippen molar-refractivity contribution in [2.45, 2.75) is 32.6 Å². The van der Waals surface area contributed by atoms with Gasteiger partial charge >= 0.3 is 0 Å². The van der Waals surface area contributed by atoms with Gasteiger partial charge in [0.2, 0.25) is 0 Å². The molecule has 0 spiro atoms. The van der Waals surface area contributed by atoms with Gasteiger partial charge < -0.3 is 0 Å². The largest absolute Gasteiger partial charge is 0.0864 e. The smallest absolute Gasteiger partial charge is 0.00239 e. The summed E-state index contributed by atoms with van der Waals surface area (Å²) in [5.74, 6) is 0.998. The van der Waals surface area contributed by atoms with E-state index in [9.17, 15) is 0 Å².